The molecule has 1 fully saturated rings. The predicted octanol–water partition coefficient (Wildman–Crippen LogP) is 3.71. The molecular weight excluding hydrogens is 405 g/mol. The summed E-state index contributed by atoms with van der Waals surface area (Å²) in [6.45, 7) is 5.27. The van der Waals surface area contributed by atoms with E-state index in [9.17, 15) is 12.8 Å². The maximum atomic E-state index is 14.0. The van der Waals surface area contributed by atoms with Gasteiger partial charge in [-0.15, -0.1) is 12.4 Å². The van der Waals surface area contributed by atoms with E-state index in [2.05, 4.69) is 5.32 Å². The van der Waals surface area contributed by atoms with Gasteiger partial charge in [0.05, 0.1) is 15.9 Å². The Hall–Kier alpha value is -1.83. The highest BCUT2D eigenvalue weighted by molar-refractivity contribution is 7.91. The smallest absolute Gasteiger partial charge is 0.206 e. The summed E-state index contributed by atoms with van der Waals surface area (Å²) in [4.78, 5) is -0.0378. The molecule has 2 aromatic rings. The SMILES string of the molecule is CC(C)Oc1cc(F)cc(S(=O)(=O)c2ccc3c(c2)O[C@H]2CNCC[C@@H]32)c1.Cl. The van der Waals surface area contributed by atoms with E-state index in [-0.39, 0.29) is 40.2 Å². The van der Waals surface area contributed by atoms with E-state index in [1.54, 1.807) is 26.0 Å². The van der Waals surface area contributed by atoms with Crippen molar-refractivity contribution in [2.75, 3.05) is 13.1 Å². The number of benzene rings is 2. The first-order valence-corrected chi connectivity index (χ1v) is 10.6. The molecule has 8 heteroatoms. The number of rotatable bonds is 4. The van der Waals surface area contributed by atoms with Gasteiger partial charge in [0.25, 0.3) is 0 Å². The van der Waals surface area contributed by atoms with Crippen LogP contribution in [-0.2, 0) is 9.84 Å². The molecule has 4 rings (SSSR count). The zero-order valence-electron chi connectivity index (χ0n) is 15.6. The predicted molar refractivity (Wildman–Crippen MR) is 106 cm³/mol. The molecule has 0 aromatic heterocycles. The van der Waals surface area contributed by atoms with Gasteiger partial charge in [-0.2, -0.15) is 0 Å². The van der Waals surface area contributed by atoms with Gasteiger partial charge in [0.15, 0.2) is 0 Å². The van der Waals surface area contributed by atoms with Gasteiger partial charge in [-0.3, -0.25) is 0 Å². The van der Waals surface area contributed by atoms with Crippen LogP contribution in [0.4, 0.5) is 4.39 Å². The number of sulfone groups is 1. The van der Waals surface area contributed by atoms with Crippen LogP contribution in [0.25, 0.3) is 0 Å². The van der Waals surface area contributed by atoms with Crippen molar-refractivity contribution >= 4 is 22.2 Å². The van der Waals surface area contributed by atoms with E-state index in [0.29, 0.717) is 11.7 Å². The quantitative estimate of drug-likeness (QED) is 0.805. The molecule has 0 aliphatic carbocycles. The molecule has 2 aliphatic rings. The van der Waals surface area contributed by atoms with Crippen LogP contribution < -0.4 is 14.8 Å². The lowest BCUT2D eigenvalue weighted by atomic mass is 9.90. The van der Waals surface area contributed by atoms with Crippen LogP contribution in [0, 0.1) is 5.82 Å². The van der Waals surface area contributed by atoms with Crippen molar-refractivity contribution in [2.24, 2.45) is 0 Å². The Morgan fingerprint density at radius 3 is 2.71 bits per heavy atom. The Kier molecular flexibility index (Phi) is 5.89. The fraction of sp³-hybridized carbons (Fsp3) is 0.400. The van der Waals surface area contributed by atoms with Crippen molar-refractivity contribution < 1.29 is 22.3 Å². The molecule has 2 heterocycles. The lowest BCUT2D eigenvalue weighted by Gasteiger charge is -2.24. The number of piperidine rings is 1. The van der Waals surface area contributed by atoms with Crippen molar-refractivity contribution in [3.8, 4) is 11.5 Å². The average molecular weight is 428 g/mol. The Bertz CT molecular complexity index is 980. The highest BCUT2D eigenvalue weighted by Crippen LogP contribution is 2.42. The average Bonchev–Trinajstić information content (AvgIpc) is 2.98. The molecule has 1 N–H and O–H groups in total. The molecule has 0 radical (unpaired) electrons. The molecule has 0 bridgehead atoms. The molecule has 5 nitrogen and oxygen atoms in total. The highest BCUT2D eigenvalue weighted by Gasteiger charge is 2.37. The van der Waals surface area contributed by atoms with Crippen LogP contribution in [0.1, 0.15) is 31.7 Å². The van der Waals surface area contributed by atoms with E-state index in [1.165, 1.54) is 12.1 Å². The van der Waals surface area contributed by atoms with Gasteiger partial charge in [0.2, 0.25) is 9.84 Å². The van der Waals surface area contributed by atoms with Crippen LogP contribution in [0.3, 0.4) is 0 Å². The van der Waals surface area contributed by atoms with Crippen LogP contribution in [0.2, 0.25) is 0 Å². The molecule has 1 saturated heterocycles. The first-order valence-electron chi connectivity index (χ1n) is 9.08. The van der Waals surface area contributed by atoms with Gasteiger partial charge < -0.3 is 14.8 Å². The van der Waals surface area contributed by atoms with E-state index >= 15 is 0 Å². The molecule has 2 aliphatic heterocycles. The number of nitrogens with one attached hydrogen (secondary N) is 1. The Morgan fingerprint density at radius 2 is 1.96 bits per heavy atom. The zero-order chi connectivity index (χ0) is 19.2. The highest BCUT2D eigenvalue weighted by atomic mass is 35.5. The number of ether oxygens (including phenoxy) is 2. The third kappa shape index (κ3) is 3.83. The molecule has 0 saturated carbocycles. The number of halogens is 2. The summed E-state index contributed by atoms with van der Waals surface area (Å²) >= 11 is 0. The van der Waals surface area contributed by atoms with Gasteiger partial charge in [-0.1, -0.05) is 6.07 Å². The Morgan fingerprint density at radius 1 is 1.18 bits per heavy atom. The molecule has 0 unspecified atom stereocenters. The summed E-state index contributed by atoms with van der Waals surface area (Å²) in [6.07, 6.45) is 0.809. The standard InChI is InChI=1S/C20H22FNO4S.ClH/c1-12(2)25-14-7-13(21)8-16(9-14)27(23,24)15-3-4-17-18-5-6-22-11-20(18)26-19(17)10-15;/h3-4,7-10,12,18,20,22H,5-6,11H2,1-2H3;1H/t18-,20-;/m0./s1. The molecule has 2 aromatic carbocycles. The van der Waals surface area contributed by atoms with E-state index in [4.69, 9.17) is 9.47 Å². The third-order valence-corrected chi connectivity index (χ3v) is 6.66. The van der Waals surface area contributed by atoms with Gasteiger partial charge in [-0.25, -0.2) is 12.8 Å². The maximum Gasteiger partial charge on any atom is 0.206 e. The second-order valence-electron chi connectivity index (χ2n) is 7.25. The van der Waals surface area contributed by atoms with Crippen molar-refractivity contribution in [1.82, 2.24) is 5.32 Å². The molecule has 0 spiro atoms. The summed E-state index contributed by atoms with van der Waals surface area (Å²) in [5.74, 6) is 0.433. The van der Waals surface area contributed by atoms with Crippen LogP contribution in [0.15, 0.2) is 46.2 Å². The Labute approximate surface area is 170 Å². The molecule has 0 amide bonds. The summed E-state index contributed by atoms with van der Waals surface area (Å²) < 4.78 is 51.5. The lowest BCUT2D eigenvalue weighted by molar-refractivity contribution is 0.176. The first kappa shape index (κ1) is 20.9. The molecular formula is C20H23ClFNO4S. The lowest BCUT2D eigenvalue weighted by Crippen LogP contribution is -2.39. The maximum absolute atomic E-state index is 14.0. The number of hydrogen-bond acceptors (Lipinski definition) is 5. The third-order valence-electron chi connectivity index (χ3n) is 4.93. The number of fused-ring (bicyclic) bond motifs is 3. The minimum atomic E-state index is -3.89. The summed E-state index contributed by atoms with van der Waals surface area (Å²) in [5.41, 5.74) is 1.04. The van der Waals surface area contributed by atoms with Crippen LogP contribution in [0.5, 0.6) is 11.5 Å². The van der Waals surface area contributed by atoms with Crippen molar-refractivity contribution in [3.05, 3.63) is 47.8 Å². The largest absolute Gasteiger partial charge is 0.491 e. The fourth-order valence-corrected chi connectivity index (χ4v) is 5.05. The van der Waals surface area contributed by atoms with Gasteiger partial charge in [0.1, 0.15) is 23.4 Å². The van der Waals surface area contributed by atoms with E-state index in [1.807, 2.05) is 6.07 Å². The van der Waals surface area contributed by atoms with E-state index < -0.39 is 15.7 Å². The normalized spacial score (nSPS) is 20.7. The minimum Gasteiger partial charge on any atom is -0.491 e. The van der Waals surface area contributed by atoms with Crippen molar-refractivity contribution in [3.63, 3.8) is 0 Å². The fourth-order valence-electron chi connectivity index (χ4n) is 3.73. The van der Waals surface area contributed by atoms with Gasteiger partial charge in [-0.05, 0) is 51.1 Å². The summed E-state index contributed by atoms with van der Waals surface area (Å²) in [6, 6.07) is 8.51. The summed E-state index contributed by atoms with van der Waals surface area (Å²) in [7, 11) is -3.89. The number of hydrogen-bond donors (Lipinski definition) is 1. The second-order valence-corrected chi connectivity index (χ2v) is 9.20. The topological polar surface area (TPSA) is 64.6 Å². The Balaban J connectivity index is 0.00000225. The molecule has 28 heavy (non-hydrogen) atoms. The van der Waals surface area contributed by atoms with Crippen LogP contribution >= 0.6 is 12.4 Å². The van der Waals surface area contributed by atoms with Crippen LogP contribution in [-0.4, -0.2) is 33.7 Å². The second kappa shape index (κ2) is 7.89. The minimum absolute atomic E-state index is 0. The van der Waals surface area contributed by atoms with Crippen molar-refractivity contribution in [1.29, 1.82) is 0 Å². The molecule has 2 atom stereocenters. The van der Waals surface area contributed by atoms with Gasteiger partial charge in [0, 0.05) is 24.1 Å². The molecule has 152 valence electrons. The zero-order valence-corrected chi connectivity index (χ0v) is 17.3. The monoisotopic (exact) mass is 427 g/mol. The van der Waals surface area contributed by atoms with E-state index in [0.717, 1.165) is 31.1 Å². The summed E-state index contributed by atoms with van der Waals surface area (Å²) in [5, 5.41) is 3.29. The van der Waals surface area contributed by atoms with Gasteiger partial charge >= 0.3 is 0 Å². The van der Waals surface area contributed by atoms with Crippen molar-refractivity contribution in [2.45, 2.75) is 48.2 Å². The first-order chi connectivity index (χ1) is 12.8.